The highest BCUT2D eigenvalue weighted by Gasteiger charge is 2.23. The van der Waals surface area contributed by atoms with Crippen LogP contribution in [0.4, 0.5) is 10.3 Å². The summed E-state index contributed by atoms with van der Waals surface area (Å²) in [5.74, 6) is 0.828. The van der Waals surface area contributed by atoms with E-state index in [1.54, 1.807) is 0 Å². The molecule has 2 N–H and O–H groups in total. The van der Waals surface area contributed by atoms with Crippen molar-refractivity contribution in [3.05, 3.63) is 63.4 Å². The van der Waals surface area contributed by atoms with E-state index in [2.05, 4.69) is 26.2 Å². The van der Waals surface area contributed by atoms with Crippen molar-refractivity contribution in [3.8, 4) is 0 Å². The first kappa shape index (κ1) is 21.4. The Kier molecular flexibility index (Phi) is 5.93. The van der Waals surface area contributed by atoms with Crippen LogP contribution in [0.25, 0.3) is 16.6 Å². The Bertz CT molecular complexity index is 1170. The number of imidazole rings is 1. The lowest BCUT2D eigenvalue weighted by molar-refractivity contribution is 0.571. The van der Waals surface area contributed by atoms with E-state index >= 15 is 0 Å². The van der Waals surface area contributed by atoms with E-state index in [1.807, 2.05) is 38.1 Å². The normalized spacial score (nSPS) is 17.1. The molecule has 0 atom stereocenters. The second-order valence-corrected chi connectivity index (χ2v) is 9.22. The summed E-state index contributed by atoms with van der Waals surface area (Å²) >= 11 is 6.63. The van der Waals surface area contributed by atoms with Gasteiger partial charge in [0.05, 0.1) is 17.6 Å². The molecular formula is C25H29ClFN5. The van der Waals surface area contributed by atoms with Gasteiger partial charge in [-0.2, -0.15) is 0 Å². The number of aryl methyl sites for hydroxylation is 2. The number of halogens is 2. The van der Waals surface area contributed by atoms with Crippen molar-refractivity contribution >= 4 is 34.2 Å². The highest BCUT2D eigenvalue weighted by atomic mass is 35.5. The van der Waals surface area contributed by atoms with Crippen LogP contribution in [0, 0.1) is 19.7 Å². The van der Waals surface area contributed by atoms with E-state index in [0.29, 0.717) is 22.7 Å². The van der Waals surface area contributed by atoms with Crippen LogP contribution in [-0.2, 0) is 6.54 Å². The fourth-order valence-corrected chi connectivity index (χ4v) is 5.07. The molecule has 1 fully saturated rings. The summed E-state index contributed by atoms with van der Waals surface area (Å²) in [4.78, 5) is 7.52. The minimum absolute atomic E-state index is 0.130. The molecule has 0 bridgehead atoms. The first-order valence-corrected chi connectivity index (χ1v) is 11.7. The van der Waals surface area contributed by atoms with E-state index in [9.17, 15) is 4.39 Å². The third-order valence-electron chi connectivity index (χ3n) is 6.45. The van der Waals surface area contributed by atoms with Crippen LogP contribution >= 0.6 is 11.6 Å². The zero-order chi connectivity index (χ0) is 22.2. The highest BCUT2D eigenvalue weighted by molar-refractivity contribution is 6.31. The van der Waals surface area contributed by atoms with Crippen molar-refractivity contribution in [1.82, 2.24) is 20.2 Å². The standard InChI is InChI=1S/C25H29ClFN5/c1-16-11-18(12-17(2)23(16)27)15-32-22-14-20(26)13-21(19-3-5-28-6-4-19)24(22)30-25(32)31-9-7-29-8-10-31/h3,11-14,28-29H,4-10,15H2,1-2H3. The number of benzene rings is 2. The van der Waals surface area contributed by atoms with Gasteiger partial charge < -0.3 is 20.1 Å². The number of anilines is 1. The molecular weight excluding hydrogens is 425 g/mol. The van der Waals surface area contributed by atoms with Gasteiger partial charge in [-0.15, -0.1) is 0 Å². The Morgan fingerprint density at radius 3 is 2.47 bits per heavy atom. The number of fused-ring (bicyclic) bond motifs is 1. The highest BCUT2D eigenvalue weighted by Crippen LogP contribution is 2.34. The number of nitrogens with one attached hydrogen (secondary N) is 2. The van der Waals surface area contributed by atoms with Crippen LogP contribution < -0.4 is 15.5 Å². The molecule has 3 aromatic rings. The van der Waals surface area contributed by atoms with E-state index in [1.165, 1.54) is 5.57 Å². The summed E-state index contributed by atoms with van der Waals surface area (Å²) in [7, 11) is 0. The Labute approximate surface area is 193 Å². The Morgan fingerprint density at radius 1 is 1.03 bits per heavy atom. The van der Waals surface area contributed by atoms with Crippen LogP contribution in [0.3, 0.4) is 0 Å². The van der Waals surface area contributed by atoms with Crippen LogP contribution in [0.15, 0.2) is 30.3 Å². The molecule has 1 saturated heterocycles. The monoisotopic (exact) mass is 453 g/mol. The number of piperazine rings is 1. The number of rotatable bonds is 4. The molecule has 0 radical (unpaired) electrons. The second kappa shape index (κ2) is 8.85. The summed E-state index contributed by atoms with van der Waals surface area (Å²) in [6.45, 7) is 9.77. The lowest BCUT2D eigenvalue weighted by Crippen LogP contribution is -2.44. The van der Waals surface area contributed by atoms with Crippen molar-refractivity contribution in [2.75, 3.05) is 44.2 Å². The third-order valence-corrected chi connectivity index (χ3v) is 6.66. The number of hydrogen-bond donors (Lipinski definition) is 2. The van der Waals surface area contributed by atoms with E-state index in [4.69, 9.17) is 16.6 Å². The fraction of sp³-hybridized carbons (Fsp3) is 0.400. The molecule has 3 heterocycles. The maximum Gasteiger partial charge on any atom is 0.206 e. The SMILES string of the molecule is Cc1cc(Cn2c(N3CCNCC3)nc3c(C4=CCNCC4)cc(Cl)cc32)cc(C)c1F. The van der Waals surface area contributed by atoms with E-state index in [-0.39, 0.29) is 5.82 Å². The first-order valence-electron chi connectivity index (χ1n) is 11.3. The first-order chi connectivity index (χ1) is 15.5. The van der Waals surface area contributed by atoms with Crippen molar-refractivity contribution in [3.63, 3.8) is 0 Å². The Balaban J connectivity index is 1.68. The van der Waals surface area contributed by atoms with Crippen molar-refractivity contribution in [2.45, 2.75) is 26.8 Å². The fourth-order valence-electron chi connectivity index (χ4n) is 4.86. The van der Waals surface area contributed by atoms with E-state index in [0.717, 1.165) is 73.8 Å². The van der Waals surface area contributed by atoms with Gasteiger partial charge in [0, 0.05) is 43.3 Å². The van der Waals surface area contributed by atoms with Crippen LogP contribution in [0.1, 0.15) is 28.7 Å². The molecule has 2 aromatic carbocycles. The summed E-state index contributed by atoms with van der Waals surface area (Å²) in [5.41, 5.74) is 6.85. The molecule has 32 heavy (non-hydrogen) atoms. The van der Waals surface area contributed by atoms with Crippen LogP contribution in [0.5, 0.6) is 0 Å². The lowest BCUT2D eigenvalue weighted by atomic mass is 9.99. The second-order valence-electron chi connectivity index (χ2n) is 8.78. The molecule has 7 heteroatoms. The Hall–Kier alpha value is -2.41. The number of hydrogen-bond acceptors (Lipinski definition) is 4. The van der Waals surface area contributed by atoms with E-state index < -0.39 is 0 Å². The third kappa shape index (κ3) is 4.03. The molecule has 5 rings (SSSR count). The van der Waals surface area contributed by atoms with Gasteiger partial charge in [0.1, 0.15) is 5.82 Å². The smallest absolute Gasteiger partial charge is 0.206 e. The van der Waals surface area contributed by atoms with Crippen LogP contribution in [0.2, 0.25) is 5.02 Å². The van der Waals surface area contributed by atoms with Crippen LogP contribution in [-0.4, -0.2) is 48.8 Å². The molecule has 2 aliphatic heterocycles. The van der Waals surface area contributed by atoms with Gasteiger partial charge in [-0.1, -0.05) is 29.8 Å². The molecule has 1 aromatic heterocycles. The number of nitrogens with zero attached hydrogens (tertiary/aromatic N) is 3. The maximum atomic E-state index is 14.3. The zero-order valence-corrected chi connectivity index (χ0v) is 19.4. The molecule has 2 aliphatic rings. The molecule has 0 unspecified atom stereocenters. The predicted molar refractivity (Wildman–Crippen MR) is 130 cm³/mol. The molecule has 0 aliphatic carbocycles. The van der Waals surface area contributed by atoms with Gasteiger partial charge in [0.2, 0.25) is 5.95 Å². The van der Waals surface area contributed by atoms with Gasteiger partial charge >= 0.3 is 0 Å². The van der Waals surface area contributed by atoms with Crippen molar-refractivity contribution < 1.29 is 4.39 Å². The minimum Gasteiger partial charge on any atom is -0.340 e. The maximum absolute atomic E-state index is 14.3. The predicted octanol–water partition coefficient (Wildman–Crippen LogP) is 4.28. The topological polar surface area (TPSA) is 45.1 Å². The zero-order valence-electron chi connectivity index (χ0n) is 18.6. The van der Waals surface area contributed by atoms with Gasteiger partial charge in [0.25, 0.3) is 0 Å². The summed E-state index contributed by atoms with van der Waals surface area (Å²) in [6, 6.07) is 7.95. The molecule has 0 amide bonds. The largest absolute Gasteiger partial charge is 0.340 e. The average molecular weight is 454 g/mol. The van der Waals surface area contributed by atoms with Crippen molar-refractivity contribution in [1.29, 1.82) is 0 Å². The summed E-state index contributed by atoms with van der Waals surface area (Å²) < 4.78 is 16.5. The van der Waals surface area contributed by atoms with Gasteiger partial charge in [-0.25, -0.2) is 9.37 Å². The average Bonchev–Trinajstić information content (AvgIpc) is 3.16. The molecule has 0 spiro atoms. The van der Waals surface area contributed by atoms with Gasteiger partial charge in [0.15, 0.2) is 0 Å². The lowest BCUT2D eigenvalue weighted by Gasteiger charge is -2.29. The van der Waals surface area contributed by atoms with Crippen molar-refractivity contribution in [2.24, 2.45) is 0 Å². The molecule has 168 valence electrons. The minimum atomic E-state index is -0.130. The molecule has 5 nitrogen and oxygen atoms in total. The van der Waals surface area contributed by atoms with Gasteiger partial charge in [-0.3, -0.25) is 0 Å². The summed E-state index contributed by atoms with van der Waals surface area (Å²) in [5, 5.41) is 7.52. The Morgan fingerprint density at radius 2 is 1.78 bits per heavy atom. The van der Waals surface area contributed by atoms with Gasteiger partial charge in [-0.05, 0) is 61.2 Å². The number of aromatic nitrogens is 2. The summed E-state index contributed by atoms with van der Waals surface area (Å²) in [6.07, 6.45) is 3.20. The molecule has 0 saturated carbocycles. The quantitative estimate of drug-likeness (QED) is 0.619.